The van der Waals surface area contributed by atoms with Crippen molar-refractivity contribution in [2.45, 2.75) is 13.8 Å². The number of hydrogen-bond donors (Lipinski definition) is 3. The first-order valence-corrected chi connectivity index (χ1v) is 9.19. The molecule has 148 valence electrons. The molecule has 0 fully saturated rings. The average molecular weight is 390 g/mol. The van der Waals surface area contributed by atoms with Gasteiger partial charge >= 0.3 is 0 Å². The number of rotatable bonds is 7. The van der Waals surface area contributed by atoms with Gasteiger partial charge in [0.05, 0.1) is 12.3 Å². The first kappa shape index (κ1) is 19.9. The summed E-state index contributed by atoms with van der Waals surface area (Å²) >= 11 is 0. The van der Waals surface area contributed by atoms with Gasteiger partial charge in [-0.05, 0) is 55.5 Å². The van der Waals surface area contributed by atoms with E-state index in [4.69, 9.17) is 4.74 Å². The molecule has 2 aromatic carbocycles. The number of pyridine rings is 1. The van der Waals surface area contributed by atoms with Crippen LogP contribution in [0.3, 0.4) is 0 Å². The Hall–Kier alpha value is -3.87. The fourth-order valence-electron chi connectivity index (χ4n) is 2.67. The number of benzene rings is 2. The largest absolute Gasteiger partial charge is 0.492 e. The molecule has 0 spiro atoms. The highest BCUT2D eigenvalue weighted by Gasteiger charge is 2.10. The summed E-state index contributed by atoms with van der Waals surface area (Å²) in [6.07, 6.45) is 1.57. The Labute approximate surface area is 169 Å². The first-order chi connectivity index (χ1) is 14.0. The number of anilines is 4. The molecule has 1 aromatic heterocycles. The van der Waals surface area contributed by atoms with Crippen LogP contribution < -0.4 is 20.7 Å². The van der Waals surface area contributed by atoms with Gasteiger partial charge in [0.2, 0.25) is 5.91 Å². The highest BCUT2D eigenvalue weighted by molar-refractivity contribution is 6.03. The van der Waals surface area contributed by atoms with Crippen molar-refractivity contribution in [2.75, 3.05) is 22.6 Å². The summed E-state index contributed by atoms with van der Waals surface area (Å²) < 4.78 is 5.62. The number of amides is 2. The van der Waals surface area contributed by atoms with Crippen LogP contribution in [-0.2, 0) is 4.79 Å². The van der Waals surface area contributed by atoms with Crippen molar-refractivity contribution in [1.29, 1.82) is 0 Å². The summed E-state index contributed by atoms with van der Waals surface area (Å²) in [6, 6.07) is 17.9. The highest BCUT2D eigenvalue weighted by Crippen LogP contribution is 2.27. The molecule has 0 atom stereocenters. The molecular weight excluding hydrogens is 368 g/mol. The number of nitrogens with zero attached hydrogens (tertiary/aromatic N) is 1. The van der Waals surface area contributed by atoms with Crippen LogP contribution in [0.1, 0.15) is 24.3 Å². The minimum atomic E-state index is -0.334. The van der Waals surface area contributed by atoms with Crippen molar-refractivity contribution < 1.29 is 14.3 Å². The second-order valence-corrected chi connectivity index (χ2v) is 6.20. The lowest BCUT2D eigenvalue weighted by Gasteiger charge is -2.13. The molecule has 0 saturated carbocycles. The van der Waals surface area contributed by atoms with Gasteiger partial charge in [-0.3, -0.25) is 14.6 Å². The lowest BCUT2D eigenvalue weighted by Crippen LogP contribution is -2.14. The van der Waals surface area contributed by atoms with Gasteiger partial charge in [-0.1, -0.05) is 12.1 Å². The van der Waals surface area contributed by atoms with Crippen LogP contribution in [-0.4, -0.2) is 23.4 Å². The molecule has 0 unspecified atom stereocenters. The van der Waals surface area contributed by atoms with Gasteiger partial charge in [0.1, 0.15) is 11.4 Å². The maximum Gasteiger partial charge on any atom is 0.274 e. The smallest absolute Gasteiger partial charge is 0.274 e. The Morgan fingerprint density at radius 1 is 0.931 bits per heavy atom. The number of hydrogen-bond acceptors (Lipinski definition) is 5. The molecular formula is C22H22N4O3. The van der Waals surface area contributed by atoms with Crippen LogP contribution >= 0.6 is 0 Å². The number of ether oxygens (including phenoxy) is 1. The van der Waals surface area contributed by atoms with E-state index in [9.17, 15) is 9.59 Å². The van der Waals surface area contributed by atoms with Gasteiger partial charge in [0.15, 0.2) is 0 Å². The van der Waals surface area contributed by atoms with Gasteiger partial charge in [-0.2, -0.15) is 0 Å². The molecule has 0 aliphatic carbocycles. The molecule has 3 N–H and O–H groups in total. The standard InChI is InChI=1S/C22H22N4O3/c1-3-29-21-7-5-4-6-19(21)25-18-12-13-23-20(14-18)22(28)26-17-10-8-16(9-11-17)24-15(2)27/h4-14H,3H2,1-2H3,(H,23,25)(H,24,27)(H,26,28). The Kier molecular flexibility index (Phi) is 6.42. The maximum absolute atomic E-state index is 12.6. The van der Waals surface area contributed by atoms with Crippen LogP contribution in [0.5, 0.6) is 5.75 Å². The Morgan fingerprint density at radius 2 is 1.62 bits per heavy atom. The first-order valence-electron chi connectivity index (χ1n) is 9.19. The topological polar surface area (TPSA) is 92.3 Å². The van der Waals surface area contributed by atoms with E-state index in [1.165, 1.54) is 6.92 Å². The fraction of sp³-hybridized carbons (Fsp3) is 0.136. The predicted octanol–water partition coefficient (Wildman–Crippen LogP) is 4.43. The third-order valence-corrected chi connectivity index (χ3v) is 3.92. The van der Waals surface area contributed by atoms with Crippen molar-refractivity contribution >= 4 is 34.6 Å². The fourth-order valence-corrected chi connectivity index (χ4v) is 2.67. The molecule has 7 heteroatoms. The van der Waals surface area contributed by atoms with E-state index in [1.807, 2.05) is 31.2 Å². The van der Waals surface area contributed by atoms with Crippen LogP contribution in [0.2, 0.25) is 0 Å². The number of aromatic nitrogens is 1. The SMILES string of the molecule is CCOc1ccccc1Nc1ccnc(C(=O)Nc2ccc(NC(C)=O)cc2)c1. The zero-order valence-corrected chi connectivity index (χ0v) is 16.2. The van der Waals surface area contributed by atoms with Crippen LogP contribution in [0.4, 0.5) is 22.7 Å². The van der Waals surface area contributed by atoms with E-state index in [0.717, 1.165) is 17.1 Å². The van der Waals surface area contributed by atoms with E-state index < -0.39 is 0 Å². The summed E-state index contributed by atoms with van der Waals surface area (Å²) in [5, 5.41) is 8.73. The van der Waals surface area contributed by atoms with Crippen LogP contribution in [0.25, 0.3) is 0 Å². The maximum atomic E-state index is 12.6. The van der Waals surface area contributed by atoms with Gasteiger partial charge in [-0.25, -0.2) is 0 Å². The highest BCUT2D eigenvalue weighted by atomic mass is 16.5. The second-order valence-electron chi connectivity index (χ2n) is 6.20. The van der Waals surface area contributed by atoms with Crippen molar-refractivity contribution in [3.05, 3.63) is 72.6 Å². The zero-order chi connectivity index (χ0) is 20.6. The molecule has 3 aromatic rings. The summed E-state index contributed by atoms with van der Waals surface area (Å²) in [5.41, 5.74) is 3.06. The van der Waals surface area contributed by atoms with E-state index in [0.29, 0.717) is 18.0 Å². The Bertz CT molecular complexity index is 1000. The van der Waals surface area contributed by atoms with Gasteiger partial charge in [-0.15, -0.1) is 0 Å². The van der Waals surface area contributed by atoms with Gasteiger partial charge in [0.25, 0.3) is 5.91 Å². The van der Waals surface area contributed by atoms with Crippen molar-refractivity contribution in [3.63, 3.8) is 0 Å². The molecule has 0 aliphatic rings. The average Bonchev–Trinajstić information content (AvgIpc) is 2.71. The predicted molar refractivity (Wildman–Crippen MR) is 114 cm³/mol. The minimum absolute atomic E-state index is 0.152. The molecule has 29 heavy (non-hydrogen) atoms. The number of carbonyl (C=O) groups excluding carboxylic acids is 2. The summed E-state index contributed by atoms with van der Waals surface area (Å²) in [7, 11) is 0. The minimum Gasteiger partial charge on any atom is -0.492 e. The molecule has 3 rings (SSSR count). The Balaban J connectivity index is 1.70. The lowest BCUT2D eigenvalue weighted by atomic mass is 10.2. The van der Waals surface area contributed by atoms with E-state index in [1.54, 1.807) is 42.6 Å². The Morgan fingerprint density at radius 3 is 2.31 bits per heavy atom. The van der Waals surface area contributed by atoms with Crippen LogP contribution in [0.15, 0.2) is 66.9 Å². The molecule has 1 heterocycles. The molecule has 0 bridgehead atoms. The normalized spacial score (nSPS) is 10.1. The molecule has 7 nitrogen and oxygen atoms in total. The third kappa shape index (κ3) is 5.55. The van der Waals surface area contributed by atoms with Crippen molar-refractivity contribution in [3.8, 4) is 5.75 Å². The summed E-state index contributed by atoms with van der Waals surface area (Å²) in [6.45, 7) is 3.92. The lowest BCUT2D eigenvalue weighted by molar-refractivity contribution is -0.114. The summed E-state index contributed by atoms with van der Waals surface area (Å²) in [4.78, 5) is 27.8. The third-order valence-electron chi connectivity index (χ3n) is 3.92. The molecule has 2 amide bonds. The number of para-hydroxylation sites is 2. The van der Waals surface area contributed by atoms with E-state index in [2.05, 4.69) is 20.9 Å². The quantitative estimate of drug-likeness (QED) is 0.555. The van der Waals surface area contributed by atoms with Gasteiger partial charge < -0.3 is 20.7 Å². The second kappa shape index (κ2) is 9.36. The van der Waals surface area contributed by atoms with E-state index in [-0.39, 0.29) is 17.5 Å². The molecule has 0 aliphatic heterocycles. The summed E-state index contributed by atoms with van der Waals surface area (Å²) in [5.74, 6) is 0.248. The monoisotopic (exact) mass is 390 g/mol. The molecule has 0 radical (unpaired) electrons. The number of carbonyl (C=O) groups is 2. The zero-order valence-electron chi connectivity index (χ0n) is 16.2. The molecule has 0 saturated heterocycles. The van der Waals surface area contributed by atoms with Crippen LogP contribution in [0, 0.1) is 0 Å². The van der Waals surface area contributed by atoms with Gasteiger partial charge in [0, 0.05) is 30.2 Å². The van der Waals surface area contributed by atoms with E-state index >= 15 is 0 Å². The van der Waals surface area contributed by atoms with Crippen molar-refractivity contribution in [2.24, 2.45) is 0 Å². The number of nitrogens with one attached hydrogen (secondary N) is 3. The van der Waals surface area contributed by atoms with Crippen molar-refractivity contribution in [1.82, 2.24) is 4.98 Å².